The Morgan fingerprint density at radius 2 is 2.00 bits per heavy atom. The van der Waals surface area contributed by atoms with Crippen molar-refractivity contribution in [1.29, 1.82) is 0 Å². The molecule has 3 atom stereocenters. The SMILES string of the molecule is C=CCC1C[C@@](C)(c2cccc(OCc3ccccc3)c2)C(C)CN1O. The van der Waals surface area contributed by atoms with Crippen LogP contribution in [0, 0.1) is 5.92 Å². The zero-order valence-electron chi connectivity index (χ0n) is 15.8. The number of ether oxygens (including phenoxy) is 1. The summed E-state index contributed by atoms with van der Waals surface area (Å²) < 4.78 is 6.02. The fraction of sp³-hybridized carbons (Fsp3) is 0.391. The predicted molar refractivity (Wildman–Crippen MR) is 105 cm³/mol. The van der Waals surface area contributed by atoms with E-state index in [0.29, 0.717) is 19.1 Å². The molecule has 26 heavy (non-hydrogen) atoms. The van der Waals surface area contributed by atoms with Gasteiger partial charge in [0.1, 0.15) is 12.4 Å². The van der Waals surface area contributed by atoms with Crippen LogP contribution in [0.15, 0.2) is 67.3 Å². The maximum Gasteiger partial charge on any atom is 0.120 e. The number of nitrogens with zero attached hydrogens (tertiary/aromatic N) is 1. The standard InChI is InChI=1S/C23H29NO2/c1-4-9-21-15-23(3,18(2)16-24(21)25)20-12-8-13-22(14-20)26-17-19-10-6-5-7-11-19/h4-8,10-14,18,21,25H,1,9,15-17H2,2-3H3/t18?,21?,23-/m1/s1. The van der Waals surface area contributed by atoms with Gasteiger partial charge in [-0.3, -0.25) is 0 Å². The number of benzene rings is 2. The molecule has 0 saturated carbocycles. The summed E-state index contributed by atoms with van der Waals surface area (Å²) in [4.78, 5) is 0. The topological polar surface area (TPSA) is 32.7 Å². The molecule has 1 heterocycles. The van der Waals surface area contributed by atoms with Gasteiger partial charge in [0.05, 0.1) is 0 Å². The predicted octanol–water partition coefficient (Wildman–Crippen LogP) is 5.20. The normalized spacial score (nSPS) is 26.4. The monoisotopic (exact) mass is 351 g/mol. The van der Waals surface area contributed by atoms with E-state index in [2.05, 4.69) is 50.8 Å². The van der Waals surface area contributed by atoms with E-state index in [4.69, 9.17) is 4.74 Å². The average Bonchev–Trinajstić information content (AvgIpc) is 2.66. The maximum absolute atomic E-state index is 10.3. The molecule has 0 aliphatic carbocycles. The molecule has 3 heteroatoms. The van der Waals surface area contributed by atoms with Crippen molar-refractivity contribution in [2.24, 2.45) is 5.92 Å². The Kier molecular flexibility index (Phi) is 5.80. The molecule has 1 saturated heterocycles. The van der Waals surface area contributed by atoms with Crippen LogP contribution in [0.2, 0.25) is 0 Å². The molecule has 138 valence electrons. The van der Waals surface area contributed by atoms with E-state index in [9.17, 15) is 5.21 Å². The van der Waals surface area contributed by atoms with Crippen LogP contribution >= 0.6 is 0 Å². The number of rotatable bonds is 6. The smallest absolute Gasteiger partial charge is 0.120 e. The van der Waals surface area contributed by atoms with Crippen LogP contribution in [-0.2, 0) is 12.0 Å². The molecule has 2 aromatic carbocycles. The van der Waals surface area contributed by atoms with Gasteiger partial charge in [0.25, 0.3) is 0 Å². The lowest BCUT2D eigenvalue weighted by Gasteiger charge is -2.47. The van der Waals surface area contributed by atoms with Crippen molar-refractivity contribution >= 4 is 0 Å². The molecule has 0 radical (unpaired) electrons. The minimum atomic E-state index is -0.000969. The van der Waals surface area contributed by atoms with Gasteiger partial charge >= 0.3 is 0 Å². The Bertz CT molecular complexity index is 730. The van der Waals surface area contributed by atoms with Gasteiger partial charge in [-0.15, -0.1) is 6.58 Å². The lowest BCUT2D eigenvalue weighted by Crippen LogP contribution is -2.51. The summed E-state index contributed by atoms with van der Waals surface area (Å²) in [5.41, 5.74) is 2.44. The van der Waals surface area contributed by atoms with Crippen LogP contribution in [-0.4, -0.2) is 22.9 Å². The van der Waals surface area contributed by atoms with Crippen LogP contribution in [0.3, 0.4) is 0 Å². The Labute approximate surface area is 156 Å². The van der Waals surface area contributed by atoms with E-state index < -0.39 is 0 Å². The molecule has 2 aromatic rings. The van der Waals surface area contributed by atoms with Crippen LogP contribution in [0.25, 0.3) is 0 Å². The van der Waals surface area contributed by atoms with Gasteiger partial charge in [0.2, 0.25) is 0 Å². The van der Waals surface area contributed by atoms with Gasteiger partial charge in [-0.05, 0) is 47.4 Å². The van der Waals surface area contributed by atoms with Crippen molar-refractivity contribution in [3.05, 3.63) is 78.4 Å². The minimum absolute atomic E-state index is 0.000969. The first-order valence-corrected chi connectivity index (χ1v) is 9.36. The van der Waals surface area contributed by atoms with Crippen LogP contribution < -0.4 is 4.74 Å². The van der Waals surface area contributed by atoms with E-state index in [1.165, 1.54) is 10.6 Å². The zero-order chi connectivity index (χ0) is 18.6. The van der Waals surface area contributed by atoms with Crippen LogP contribution in [0.5, 0.6) is 5.75 Å². The number of hydroxylamine groups is 2. The quantitative estimate of drug-likeness (QED) is 0.726. The molecule has 1 fully saturated rings. The first-order chi connectivity index (χ1) is 12.5. The van der Waals surface area contributed by atoms with Gasteiger partial charge < -0.3 is 9.94 Å². The summed E-state index contributed by atoms with van der Waals surface area (Å²) in [6, 6.07) is 18.8. The van der Waals surface area contributed by atoms with E-state index in [0.717, 1.165) is 24.2 Å². The summed E-state index contributed by atoms with van der Waals surface area (Å²) in [6.07, 6.45) is 3.59. The summed E-state index contributed by atoms with van der Waals surface area (Å²) in [7, 11) is 0. The highest BCUT2D eigenvalue weighted by molar-refractivity contribution is 5.35. The molecule has 0 bridgehead atoms. The molecule has 2 unspecified atom stereocenters. The largest absolute Gasteiger partial charge is 0.489 e. The molecular formula is C23H29NO2. The van der Waals surface area contributed by atoms with Crippen LogP contribution in [0.4, 0.5) is 0 Å². The van der Waals surface area contributed by atoms with Crippen molar-refractivity contribution in [3.8, 4) is 5.75 Å². The fourth-order valence-electron chi connectivity index (χ4n) is 3.91. The van der Waals surface area contributed by atoms with Gasteiger partial charge in [0.15, 0.2) is 0 Å². The Balaban J connectivity index is 1.78. The van der Waals surface area contributed by atoms with Crippen molar-refractivity contribution < 1.29 is 9.94 Å². The van der Waals surface area contributed by atoms with Gasteiger partial charge in [0, 0.05) is 12.6 Å². The highest BCUT2D eigenvalue weighted by Crippen LogP contribution is 2.43. The molecule has 1 aliphatic heterocycles. The van der Waals surface area contributed by atoms with E-state index in [1.807, 2.05) is 30.3 Å². The van der Waals surface area contributed by atoms with Gasteiger partial charge in [-0.1, -0.05) is 62.4 Å². The zero-order valence-corrected chi connectivity index (χ0v) is 15.8. The number of hydrogen-bond donors (Lipinski definition) is 1. The lowest BCUT2D eigenvalue weighted by atomic mass is 9.66. The maximum atomic E-state index is 10.3. The minimum Gasteiger partial charge on any atom is -0.489 e. The molecule has 0 spiro atoms. The Hall–Kier alpha value is -2.10. The van der Waals surface area contributed by atoms with Crippen molar-refractivity contribution in [3.63, 3.8) is 0 Å². The molecule has 0 amide bonds. The van der Waals surface area contributed by atoms with E-state index >= 15 is 0 Å². The van der Waals surface area contributed by atoms with Gasteiger partial charge in [-0.25, -0.2) is 0 Å². The van der Waals surface area contributed by atoms with Crippen molar-refractivity contribution in [1.82, 2.24) is 5.06 Å². The Morgan fingerprint density at radius 1 is 1.23 bits per heavy atom. The first-order valence-electron chi connectivity index (χ1n) is 9.36. The first kappa shape index (κ1) is 18.7. The molecule has 1 N–H and O–H groups in total. The van der Waals surface area contributed by atoms with Crippen molar-refractivity contribution in [2.45, 2.75) is 44.8 Å². The third-order valence-corrected chi connectivity index (χ3v) is 5.81. The molecule has 3 nitrogen and oxygen atoms in total. The average molecular weight is 351 g/mol. The summed E-state index contributed by atoms with van der Waals surface area (Å²) >= 11 is 0. The third-order valence-electron chi connectivity index (χ3n) is 5.81. The number of piperidine rings is 1. The second-order valence-corrected chi connectivity index (χ2v) is 7.62. The van der Waals surface area contributed by atoms with Gasteiger partial charge in [-0.2, -0.15) is 5.06 Å². The third kappa shape index (κ3) is 4.00. The molecular weight excluding hydrogens is 322 g/mol. The summed E-state index contributed by atoms with van der Waals surface area (Å²) in [6.45, 7) is 9.59. The Morgan fingerprint density at radius 3 is 2.73 bits per heavy atom. The molecule has 1 aliphatic rings. The molecule has 0 aromatic heterocycles. The second-order valence-electron chi connectivity index (χ2n) is 7.62. The summed E-state index contributed by atoms with van der Waals surface area (Å²) in [5.74, 6) is 1.24. The highest BCUT2D eigenvalue weighted by atomic mass is 16.5. The summed E-state index contributed by atoms with van der Waals surface area (Å²) in [5, 5.41) is 11.8. The van der Waals surface area contributed by atoms with Crippen molar-refractivity contribution in [2.75, 3.05) is 6.54 Å². The number of hydrogen-bond acceptors (Lipinski definition) is 3. The van der Waals surface area contributed by atoms with E-state index in [1.54, 1.807) is 0 Å². The fourth-order valence-corrected chi connectivity index (χ4v) is 3.91. The second kappa shape index (κ2) is 8.07. The molecule has 3 rings (SSSR count). The van der Waals surface area contributed by atoms with Crippen LogP contribution in [0.1, 0.15) is 37.8 Å². The lowest BCUT2D eigenvalue weighted by molar-refractivity contribution is -0.167. The highest BCUT2D eigenvalue weighted by Gasteiger charge is 2.42. The van der Waals surface area contributed by atoms with E-state index in [-0.39, 0.29) is 11.5 Å².